The third-order valence-electron chi connectivity index (χ3n) is 2.80. The number of hydrogen-bond donors (Lipinski definition) is 0. The van der Waals surface area contributed by atoms with Crippen molar-refractivity contribution < 1.29 is 56.0 Å². The van der Waals surface area contributed by atoms with Crippen LogP contribution < -0.4 is 29.6 Å². The largest absolute Gasteiger partial charge is 1.00 e. The molecule has 0 radical (unpaired) electrons. The molecule has 1 fully saturated rings. The van der Waals surface area contributed by atoms with Crippen LogP contribution in [0.2, 0.25) is 0 Å². The second-order valence-electron chi connectivity index (χ2n) is 4.07. The number of urea groups is 1. The number of nitrogens with zero attached hydrogens (tertiary/aromatic N) is 3. The molecule has 102 valence electrons. The summed E-state index contributed by atoms with van der Waals surface area (Å²) in [5.41, 5.74) is 0.629. The van der Waals surface area contributed by atoms with Crippen LogP contribution in [0.3, 0.4) is 0 Å². The Morgan fingerprint density at radius 2 is 2.25 bits per heavy atom. The molecule has 0 aromatic carbocycles. The number of amides is 2. The molecule has 0 spiro atoms. The van der Waals surface area contributed by atoms with Crippen molar-refractivity contribution in [1.82, 2.24) is 14.9 Å². The first-order valence-electron chi connectivity index (χ1n) is 5.28. The molecule has 2 amide bonds. The van der Waals surface area contributed by atoms with Gasteiger partial charge in [-0.1, -0.05) is 0 Å². The van der Waals surface area contributed by atoms with E-state index in [9.17, 15) is 17.8 Å². The van der Waals surface area contributed by atoms with Gasteiger partial charge in [0.2, 0.25) is 16.3 Å². The van der Waals surface area contributed by atoms with Crippen LogP contribution in [-0.4, -0.2) is 53.1 Å². The summed E-state index contributed by atoms with van der Waals surface area (Å²) in [6.45, 7) is 0.465. The minimum Gasteiger partial charge on any atom is -0.724 e. The van der Waals surface area contributed by atoms with Crippen LogP contribution in [0, 0.1) is 0 Å². The van der Waals surface area contributed by atoms with Crippen molar-refractivity contribution in [3.8, 4) is 0 Å². The SMILES string of the molecule is O=C1N2CC(c3ncco3)=C[C@H](C2)N1OS(=O)(=O)[O-].[Na+]. The molecule has 1 saturated heterocycles. The topological polar surface area (TPSA) is 116 Å². The van der Waals surface area contributed by atoms with E-state index in [0.29, 0.717) is 16.5 Å². The van der Waals surface area contributed by atoms with E-state index in [2.05, 4.69) is 9.27 Å². The number of rotatable bonds is 3. The summed E-state index contributed by atoms with van der Waals surface area (Å²) in [6.07, 6.45) is 4.44. The molecular weight excluding hydrogens is 301 g/mol. The maximum atomic E-state index is 11.8. The van der Waals surface area contributed by atoms with E-state index in [0.717, 1.165) is 0 Å². The zero-order valence-electron chi connectivity index (χ0n) is 10.4. The summed E-state index contributed by atoms with van der Waals surface area (Å²) >= 11 is 0. The van der Waals surface area contributed by atoms with Crippen LogP contribution in [0.5, 0.6) is 0 Å². The Kier molecular flexibility index (Phi) is 4.23. The molecule has 11 heteroatoms. The van der Waals surface area contributed by atoms with Crippen molar-refractivity contribution in [2.45, 2.75) is 6.04 Å². The van der Waals surface area contributed by atoms with E-state index in [1.54, 1.807) is 6.08 Å². The maximum absolute atomic E-state index is 11.8. The third-order valence-corrected chi connectivity index (χ3v) is 3.14. The van der Waals surface area contributed by atoms with Crippen LogP contribution in [0.1, 0.15) is 5.89 Å². The van der Waals surface area contributed by atoms with Crippen molar-refractivity contribution in [3.63, 3.8) is 0 Å². The number of hydrogen-bond acceptors (Lipinski definition) is 7. The summed E-state index contributed by atoms with van der Waals surface area (Å²) in [5, 5.41) is 0.554. The second-order valence-corrected chi connectivity index (χ2v) is 5.03. The summed E-state index contributed by atoms with van der Waals surface area (Å²) in [5.74, 6) is 0.342. The Morgan fingerprint density at radius 3 is 2.85 bits per heavy atom. The minimum atomic E-state index is -4.99. The molecule has 0 unspecified atom stereocenters. The second kappa shape index (κ2) is 5.47. The normalized spacial score (nSPS) is 21.8. The van der Waals surface area contributed by atoms with E-state index in [4.69, 9.17) is 4.42 Å². The van der Waals surface area contributed by atoms with Gasteiger partial charge in [-0.3, -0.25) is 0 Å². The van der Waals surface area contributed by atoms with Crippen molar-refractivity contribution in [1.29, 1.82) is 0 Å². The molecule has 1 aromatic rings. The quantitative estimate of drug-likeness (QED) is 0.324. The fourth-order valence-corrected chi connectivity index (χ4v) is 2.48. The van der Waals surface area contributed by atoms with Crippen molar-refractivity contribution in [3.05, 3.63) is 24.4 Å². The van der Waals surface area contributed by atoms with E-state index in [1.165, 1.54) is 17.4 Å². The molecule has 0 aliphatic carbocycles. The van der Waals surface area contributed by atoms with Gasteiger partial charge in [-0.25, -0.2) is 18.2 Å². The molecule has 0 saturated carbocycles. The predicted octanol–water partition coefficient (Wildman–Crippen LogP) is -3.43. The van der Waals surface area contributed by atoms with Crippen molar-refractivity contribution in [2.75, 3.05) is 13.1 Å². The molecule has 2 aliphatic heterocycles. The molecule has 2 bridgehead atoms. The van der Waals surface area contributed by atoms with Gasteiger partial charge in [-0.2, -0.15) is 9.35 Å². The summed E-state index contributed by atoms with van der Waals surface area (Å²) in [4.78, 5) is 17.1. The molecule has 2 aliphatic rings. The Morgan fingerprint density at radius 1 is 1.50 bits per heavy atom. The Balaban J connectivity index is 0.00000147. The zero-order chi connectivity index (χ0) is 13.6. The molecule has 3 heterocycles. The fraction of sp³-hybridized carbons (Fsp3) is 0.333. The number of fused-ring (bicyclic) bond motifs is 2. The first-order valence-corrected chi connectivity index (χ1v) is 6.61. The average molecular weight is 309 g/mol. The first kappa shape index (κ1) is 15.5. The first-order chi connectivity index (χ1) is 8.94. The number of hydroxylamine groups is 2. The monoisotopic (exact) mass is 309 g/mol. The van der Waals surface area contributed by atoms with E-state index in [-0.39, 0.29) is 42.6 Å². The van der Waals surface area contributed by atoms with E-state index < -0.39 is 22.5 Å². The minimum absolute atomic E-state index is 0. The van der Waals surface area contributed by atoms with Gasteiger partial charge in [0.1, 0.15) is 6.26 Å². The standard InChI is InChI=1S/C9H9N3O6S.Na/c13-9-11-4-6(8-10-1-2-17-8)3-7(5-11)12(9)18-19(14,15)16;/h1-3,7H,4-5H2,(H,14,15,16);/q;+1/p-1/t7-;/m1./s1. The zero-order valence-corrected chi connectivity index (χ0v) is 13.2. The van der Waals surface area contributed by atoms with Crippen LogP contribution in [0.4, 0.5) is 4.79 Å². The van der Waals surface area contributed by atoms with Gasteiger partial charge < -0.3 is 13.9 Å². The van der Waals surface area contributed by atoms with Crippen molar-refractivity contribution in [2.24, 2.45) is 0 Å². The summed E-state index contributed by atoms with van der Waals surface area (Å²) in [7, 11) is -4.99. The van der Waals surface area contributed by atoms with Gasteiger partial charge in [0.25, 0.3) is 0 Å². The van der Waals surface area contributed by atoms with Gasteiger partial charge in [-0.15, -0.1) is 0 Å². The third kappa shape index (κ3) is 2.90. The van der Waals surface area contributed by atoms with Crippen LogP contribution >= 0.6 is 0 Å². The average Bonchev–Trinajstić information content (AvgIpc) is 2.92. The smallest absolute Gasteiger partial charge is 0.724 e. The van der Waals surface area contributed by atoms with E-state index >= 15 is 0 Å². The predicted molar refractivity (Wildman–Crippen MR) is 57.9 cm³/mol. The van der Waals surface area contributed by atoms with Gasteiger partial charge in [0, 0.05) is 12.1 Å². The molecular formula is C9H8N3NaO6S. The molecule has 1 aromatic heterocycles. The van der Waals surface area contributed by atoms with Crippen LogP contribution in [-0.2, 0) is 14.7 Å². The Bertz CT molecular complexity index is 643. The molecule has 1 atom stereocenters. The summed E-state index contributed by atoms with van der Waals surface area (Å²) < 4.78 is 41.0. The van der Waals surface area contributed by atoms with Gasteiger partial charge >= 0.3 is 35.6 Å². The Hall–Kier alpha value is -0.910. The number of carbonyl (C=O) groups excluding carboxylic acids is 1. The van der Waals surface area contributed by atoms with Gasteiger partial charge in [0.05, 0.1) is 18.8 Å². The number of oxazole rings is 1. The molecule has 9 nitrogen and oxygen atoms in total. The Labute approximate surface area is 136 Å². The van der Waals surface area contributed by atoms with Crippen LogP contribution in [0.15, 0.2) is 23.0 Å². The fourth-order valence-electron chi connectivity index (χ4n) is 2.11. The molecule has 3 rings (SSSR count). The number of aromatic nitrogens is 1. The van der Waals surface area contributed by atoms with Crippen LogP contribution in [0.25, 0.3) is 5.57 Å². The van der Waals surface area contributed by atoms with Gasteiger partial charge in [-0.05, 0) is 6.08 Å². The van der Waals surface area contributed by atoms with Gasteiger partial charge in [0.15, 0.2) is 0 Å². The van der Waals surface area contributed by atoms with Crippen molar-refractivity contribution >= 4 is 22.0 Å². The molecule has 20 heavy (non-hydrogen) atoms. The summed E-state index contributed by atoms with van der Waals surface area (Å²) in [6, 6.07) is -1.34. The number of carbonyl (C=O) groups is 1. The van der Waals surface area contributed by atoms with E-state index in [1.807, 2.05) is 0 Å². The maximum Gasteiger partial charge on any atom is 1.00 e. The molecule has 0 N–H and O–H groups in total.